The van der Waals surface area contributed by atoms with Crippen LogP contribution in [-0.4, -0.2) is 87.1 Å². The van der Waals surface area contributed by atoms with Gasteiger partial charge in [-0.3, -0.25) is 9.69 Å². The number of hydrogen-bond donors (Lipinski definition) is 0. The van der Waals surface area contributed by atoms with Gasteiger partial charge >= 0.3 is 0 Å². The average molecular weight is 561 g/mol. The standard InChI is InChI=1S/C27H36N4O5S2/c1-6-29(7-2)15-16-31(27-28-25-23(35-5)9-8-10-24(25)37-27)26(32)21-11-13-22(14-12-21)38(33,34)30-17-19(3)36-20(4)18-30/h8-14,19-20H,6-7,15-18H2,1-5H3/t19-,20-/m0/s1. The van der Waals surface area contributed by atoms with Crippen molar-refractivity contribution in [1.82, 2.24) is 14.2 Å². The molecular formula is C27H36N4O5S2. The third-order valence-electron chi connectivity index (χ3n) is 6.73. The van der Waals surface area contributed by atoms with Crippen molar-refractivity contribution in [1.29, 1.82) is 0 Å². The Labute approximate surface area is 229 Å². The molecule has 1 aliphatic rings. The van der Waals surface area contributed by atoms with Crippen LogP contribution in [0.1, 0.15) is 38.1 Å². The van der Waals surface area contributed by atoms with Crippen LogP contribution in [0.5, 0.6) is 5.75 Å². The van der Waals surface area contributed by atoms with Gasteiger partial charge in [-0.25, -0.2) is 13.4 Å². The molecule has 4 rings (SSSR count). The summed E-state index contributed by atoms with van der Waals surface area (Å²) in [6, 6.07) is 11.9. The Kier molecular flexibility index (Phi) is 9.04. The molecule has 2 aromatic carbocycles. The van der Waals surface area contributed by atoms with E-state index in [1.54, 1.807) is 24.1 Å². The summed E-state index contributed by atoms with van der Waals surface area (Å²) in [6.07, 6.45) is -0.359. The molecule has 3 aromatic rings. The van der Waals surface area contributed by atoms with Gasteiger partial charge in [-0.1, -0.05) is 31.3 Å². The molecule has 11 heteroatoms. The van der Waals surface area contributed by atoms with E-state index in [2.05, 4.69) is 18.7 Å². The number of rotatable bonds is 10. The second-order valence-electron chi connectivity index (χ2n) is 9.39. The maximum absolute atomic E-state index is 13.8. The summed E-state index contributed by atoms with van der Waals surface area (Å²) >= 11 is 1.43. The Morgan fingerprint density at radius 2 is 1.74 bits per heavy atom. The summed E-state index contributed by atoms with van der Waals surface area (Å²) in [7, 11) is -2.10. The van der Waals surface area contributed by atoms with E-state index in [1.165, 1.54) is 27.8 Å². The van der Waals surface area contributed by atoms with E-state index in [-0.39, 0.29) is 23.0 Å². The summed E-state index contributed by atoms with van der Waals surface area (Å²) in [5.41, 5.74) is 1.12. The molecule has 0 saturated carbocycles. The highest BCUT2D eigenvalue weighted by Crippen LogP contribution is 2.34. The van der Waals surface area contributed by atoms with Crippen molar-refractivity contribution in [3.8, 4) is 5.75 Å². The third kappa shape index (κ3) is 6.02. The summed E-state index contributed by atoms with van der Waals surface area (Å²) in [5.74, 6) is 0.426. The number of para-hydroxylation sites is 1. The molecule has 2 heterocycles. The second-order valence-corrected chi connectivity index (χ2v) is 12.3. The molecule has 1 aromatic heterocycles. The number of likely N-dealkylation sites (N-methyl/N-ethyl adjacent to an activating group) is 1. The van der Waals surface area contributed by atoms with Gasteiger partial charge in [0.15, 0.2) is 5.13 Å². The Hall–Kier alpha value is -2.57. The van der Waals surface area contributed by atoms with Gasteiger partial charge in [-0.2, -0.15) is 4.31 Å². The number of morpholine rings is 1. The zero-order valence-corrected chi connectivity index (χ0v) is 24.2. The third-order valence-corrected chi connectivity index (χ3v) is 9.62. The molecule has 1 saturated heterocycles. The number of nitrogens with zero attached hydrogens (tertiary/aromatic N) is 4. The zero-order chi connectivity index (χ0) is 27.4. The Bertz CT molecular complexity index is 1350. The summed E-state index contributed by atoms with van der Waals surface area (Å²) in [4.78, 5) is 22.6. The van der Waals surface area contributed by atoms with E-state index in [0.717, 1.165) is 17.8 Å². The van der Waals surface area contributed by atoms with Gasteiger partial charge < -0.3 is 14.4 Å². The quantitative estimate of drug-likeness (QED) is 0.369. The number of fused-ring (bicyclic) bond motifs is 1. The van der Waals surface area contributed by atoms with E-state index < -0.39 is 10.0 Å². The predicted molar refractivity (Wildman–Crippen MR) is 151 cm³/mol. The molecule has 0 N–H and O–H groups in total. The van der Waals surface area contributed by atoms with Gasteiger partial charge in [-0.15, -0.1) is 0 Å². The number of aromatic nitrogens is 1. The maximum atomic E-state index is 13.8. The van der Waals surface area contributed by atoms with Gasteiger partial charge in [0.1, 0.15) is 11.3 Å². The first-order valence-corrected chi connectivity index (χ1v) is 15.2. The van der Waals surface area contributed by atoms with Crippen LogP contribution in [0.2, 0.25) is 0 Å². The molecule has 2 atom stereocenters. The van der Waals surface area contributed by atoms with Crippen LogP contribution in [0.25, 0.3) is 10.2 Å². The fourth-order valence-electron chi connectivity index (χ4n) is 4.66. The minimum atomic E-state index is -3.70. The number of sulfonamides is 1. The van der Waals surface area contributed by atoms with Crippen LogP contribution >= 0.6 is 11.3 Å². The van der Waals surface area contributed by atoms with Crippen LogP contribution < -0.4 is 9.64 Å². The van der Waals surface area contributed by atoms with Crippen molar-refractivity contribution in [3.63, 3.8) is 0 Å². The molecule has 0 spiro atoms. The number of thiazole rings is 1. The van der Waals surface area contributed by atoms with Crippen molar-refractivity contribution >= 4 is 42.6 Å². The summed E-state index contributed by atoms with van der Waals surface area (Å²) < 4.78 is 40.1. The fourth-order valence-corrected chi connectivity index (χ4v) is 7.26. The van der Waals surface area contributed by atoms with E-state index in [1.807, 2.05) is 32.0 Å². The first-order chi connectivity index (χ1) is 18.2. The molecule has 1 fully saturated rings. The largest absolute Gasteiger partial charge is 0.494 e. The normalized spacial score (nSPS) is 18.7. The van der Waals surface area contributed by atoms with Crippen molar-refractivity contribution < 1.29 is 22.7 Å². The highest BCUT2D eigenvalue weighted by molar-refractivity contribution is 7.89. The summed E-state index contributed by atoms with van der Waals surface area (Å²) in [5, 5.41) is 0.578. The molecule has 9 nitrogen and oxygen atoms in total. The maximum Gasteiger partial charge on any atom is 0.260 e. The SMILES string of the molecule is CCN(CC)CCN(C(=O)c1ccc(S(=O)(=O)N2C[C@H](C)O[C@@H](C)C2)cc1)c1nc2c(OC)cccc2s1. The van der Waals surface area contributed by atoms with Crippen LogP contribution in [0.4, 0.5) is 5.13 Å². The van der Waals surface area contributed by atoms with E-state index in [0.29, 0.717) is 48.1 Å². The zero-order valence-electron chi connectivity index (χ0n) is 22.6. The average Bonchev–Trinajstić information content (AvgIpc) is 3.34. The Morgan fingerprint density at radius 3 is 2.34 bits per heavy atom. The monoisotopic (exact) mass is 560 g/mol. The Morgan fingerprint density at radius 1 is 1.08 bits per heavy atom. The first kappa shape index (κ1) is 28.4. The number of benzene rings is 2. The first-order valence-electron chi connectivity index (χ1n) is 12.9. The molecule has 0 aliphatic carbocycles. The molecule has 1 amide bonds. The van der Waals surface area contributed by atoms with Gasteiger partial charge in [0.2, 0.25) is 10.0 Å². The topological polar surface area (TPSA) is 92.3 Å². The molecule has 1 aliphatic heterocycles. The molecule has 206 valence electrons. The van der Waals surface area contributed by atoms with Crippen molar-refractivity contribution in [3.05, 3.63) is 48.0 Å². The van der Waals surface area contributed by atoms with Gasteiger partial charge in [0.05, 0.1) is 28.9 Å². The molecule has 0 bridgehead atoms. The lowest BCUT2D eigenvalue weighted by molar-refractivity contribution is -0.0440. The molecule has 0 radical (unpaired) electrons. The minimum absolute atomic E-state index is 0.162. The molecular weight excluding hydrogens is 524 g/mol. The number of ether oxygens (including phenoxy) is 2. The number of anilines is 1. The lowest BCUT2D eigenvalue weighted by atomic mass is 10.2. The van der Waals surface area contributed by atoms with Crippen molar-refractivity contribution in [2.45, 2.75) is 44.8 Å². The number of carbonyl (C=O) groups is 1. The lowest BCUT2D eigenvalue weighted by Gasteiger charge is -2.34. The molecule has 0 unspecified atom stereocenters. The van der Waals surface area contributed by atoms with Gasteiger partial charge in [-0.05, 0) is 63.3 Å². The van der Waals surface area contributed by atoms with E-state index >= 15 is 0 Å². The van der Waals surface area contributed by atoms with Crippen LogP contribution in [0, 0.1) is 0 Å². The number of hydrogen-bond acceptors (Lipinski definition) is 8. The van der Waals surface area contributed by atoms with Crippen LogP contribution in [0.3, 0.4) is 0 Å². The number of carbonyl (C=O) groups excluding carboxylic acids is 1. The van der Waals surface area contributed by atoms with Crippen LogP contribution in [-0.2, 0) is 14.8 Å². The number of amides is 1. The highest BCUT2D eigenvalue weighted by atomic mass is 32.2. The van der Waals surface area contributed by atoms with E-state index in [4.69, 9.17) is 14.5 Å². The van der Waals surface area contributed by atoms with Gasteiger partial charge in [0, 0.05) is 31.7 Å². The smallest absolute Gasteiger partial charge is 0.260 e. The lowest BCUT2D eigenvalue weighted by Crippen LogP contribution is -2.48. The van der Waals surface area contributed by atoms with Crippen LogP contribution in [0.15, 0.2) is 47.4 Å². The second kappa shape index (κ2) is 12.1. The minimum Gasteiger partial charge on any atom is -0.494 e. The van der Waals surface area contributed by atoms with Crippen molar-refractivity contribution in [2.24, 2.45) is 0 Å². The Balaban J connectivity index is 1.63. The highest BCUT2D eigenvalue weighted by Gasteiger charge is 2.32. The fraction of sp³-hybridized carbons (Fsp3) is 0.481. The number of methoxy groups -OCH3 is 1. The van der Waals surface area contributed by atoms with E-state index in [9.17, 15) is 13.2 Å². The van der Waals surface area contributed by atoms with Crippen molar-refractivity contribution in [2.75, 3.05) is 51.3 Å². The summed E-state index contributed by atoms with van der Waals surface area (Å²) in [6.45, 7) is 11.4. The van der Waals surface area contributed by atoms with Gasteiger partial charge in [0.25, 0.3) is 5.91 Å². The predicted octanol–water partition coefficient (Wildman–Crippen LogP) is 4.09. The molecule has 38 heavy (non-hydrogen) atoms.